The Morgan fingerprint density at radius 1 is 1.29 bits per heavy atom. The second kappa shape index (κ2) is 5.38. The molecule has 1 aromatic heterocycles. The number of aliphatic hydroxyl groups excluding tert-OH is 1. The summed E-state index contributed by atoms with van der Waals surface area (Å²) in [6.07, 6.45) is 2.29. The number of halogens is 2. The van der Waals surface area contributed by atoms with Crippen LogP contribution < -0.4 is 0 Å². The van der Waals surface area contributed by atoms with E-state index < -0.39 is 11.9 Å². The van der Waals surface area contributed by atoms with E-state index >= 15 is 0 Å². The second-order valence-electron chi connectivity index (χ2n) is 3.79. The van der Waals surface area contributed by atoms with Crippen LogP contribution in [0.25, 0.3) is 0 Å². The molecule has 17 heavy (non-hydrogen) atoms. The molecule has 0 aliphatic heterocycles. The third kappa shape index (κ3) is 3.35. The van der Waals surface area contributed by atoms with Gasteiger partial charge in [0.05, 0.1) is 12.3 Å². The van der Waals surface area contributed by atoms with Crippen molar-refractivity contribution >= 4 is 15.9 Å². The molecule has 1 unspecified atom stereocenters. The van der Waals surface area contributed by atoms with Crippen LogP contribution in [0.4, 0.5) is 4.39 Å². The van der Waals surface area contributed by atoms with Gasteiger partial charge in [-0.1, -0.05) is 28.1 Å². The highest BCUT2D eigenvalue weighted by atomic mass is 79.9. The number of aromatic nitrogens is 1. The van der Waals surface area contributed by atoms with Crippen LogP contribution in [0, 0.1) is 5.82 Å². The molecule has 2 aromatic rings. The SMILES string of the molecule is OC(Cc1cccc(Br)c1)c1cncc(F)c1. The molecule has 0 saturated carbocycles. The summed E-state index contributed by atoms with van der Waals surface area (Å²) in [7, 11) is 0. The van der Waals surface area contributed by atoms with E-state index in [0.29, 0.717) is 12.0 Å². The highest BCUT2D eigenvalue weighted by Gasteiger charge is 2.10. The van der Waals surface area contributed by atoms with Gasteiger partial charge in [0.25, 0.3) is 0 Å². The van der Waals surface area contributed by atoms with Crippen LogP contribution in [0.2, 0.25) is 0 Å². The summed E-state index contributed by atoms with van der Waals surface area (Å²) < 4.78 is 13.9. The highest BCUT2D eigenvalue weighted by molar-refractivity contribution is 9.10. The first kappa shape index (κ1) is 12.2. The van der Waals surface area contributed by atoms with E-state index in [2.05, 4.69) is 20.9 Å². The normalized spacial score (nSPS) is 12.4. The Kier molecular flexibility index (Phi) is 3.86. The van der Waals surface area contributed by atoms with Gasteiger partial charge in [-0.2, -0.15) is 0 Å². The van der Waals surface area contributed by atoms with Crippen LogP contribution in [0.15, 0.2) is 47.2 Å². The molecule has 0 saturated heterocycles. The number of pyridine rings is 1. The quantitative estimate of drug-likeness (QED) is 0.943. The molecule has 0 aliphatic carbocycles. The molecular formula is C13H11BrFNO. The zero-order valence-corrected chi connectivity index (χ0v) is 10.6. The molecule has 4 heteroatoms. The summed E-state index contributed by atoms with van der Waals surface area (Å²) in [4.78, 5) is 3.72. The van der Waals surface area contributed by atoms with Gasteiger partial charge < -0.3 is 5.11 Å². The van der Waals surface area contributed by atoms with Gasteiger partial charge in [-0.25, -0.2) is 4.39 Å². The van der Waals surface area contributed by atoms with Crippen molar-refractivity contribution in [2.24, 2.45) is 0 Å². The average Bonchev–Trinajstić information content (AvgIpc) is 2.29. The lowest BCUT2D eigenvalue weighted by Crippen LogP contribution is -2.02. The molecule has 2 rings (SSSR count). The Morgan fingerprint density at radius 2 is 2.12 bits per heavy atom. The number of hydrogen-bond donors (Lipinski definition) is 1. The van der Waals surface area contributed by atoms with E-state index in [9.17, 15) is 9.50 Å². The van der Waals surface area contributed by atoms with Crippen LogP contribution in [0.3, 0.4) is 0 Å². The standard InChI is InChI=1S/C13H11BrFNO/c14-11-3-1-2-9(4-11)5-13(17)10-6-12(15)8-16-7-10/h1-4,6-8,13,17H,5H2. The van der Waals surface area contributed by atoms with Crippen LogP contribution in [0.5, 0.6) is 0 Å². The van der Waals surface area contributed by atoms with Crippen molar-refractivity contribution in [3.63, 3.8) is 0 Å². The van der Waals surface area contributed by atoms with Crippen molar-refractivity contribution < 1.29 is 9.50 Å². The summed E-state index contributed by atoms with van der Waals surface area (Å²) in [5, 5.41) is 9.97. The fraction of sp³-hybridized carbons (Fsp3) is 0.154. The molecule has 0 bridgehead atoms. The Hall–Kier alpha value is -1.26. The fourth-order valence-electron chi connectivity index (χ4n) is 1.62. The molecule has 2 nitrogen and oxygen atoms in total. The van der Waals surface area contributed by atoms with Crippen molar-refractivity contribution in [3.05, 3.63) is 64.1 Å². The molecule has 0 amide bonds. The molecule has 1 heterocycles. The topological polar surface area (TPSA) is 33.1 Å². The third-order valence-electron chi connectivity index (χ3n) is 2.43. The van der Waals surface area contributed by atoms with Gasteiger partial charge in [0, 0.05) is 22.7 Å². The van der Waals surface area contributed by atoms with E-state index in [1.165, 1.54) is 12.3 Å². The van der Waals surface area contributed by atoms with Crippen LogP contribution in [-0.2, 0) is 6.42 Å². The Labute approximate surface area is 107 Å². The zero-order chi connectivity index (χ0) is 12.3. The number of aliphatic hydroxyl groups is 1. The first-order chi connectivity index (χ1) is 8.15. The molecule has 88 valence electrons. The maximum atomic E-state index is 12.9. The van der Waals surface area contributed by atoms with E-state index in [-0.39, 0.29) is 0 Å². The predicted octanol–water partition coefficient (Wildman–Crippen LogP) is 3.26. The minimum Gasteiger partial charge on any atom is -0.388 e. The summed E-state index contributed by atoms with van der Waals surface area (Å²) in [5.74, 6) is -0.434. The molecule has 0 spiro atoms. The van der Waals surface area contributed by atoms with Crippen LogP contribution >= 0.6 is 15.9 Å². The van der Waals surface area contributed by atoms with Crippen molar-refractivity contribution in [2.45, 2.75) is 12.5 Å². The molecule has 1 aromatic carbocycles. The van der Waals surface area contributed by atoms with Gasteiger partial charge in [-0.3, -0.25) is 4.98 Å². The van der Waals surface area contributed by atoms with E-state index in [0.717, 1.165) is 16.2 Å². The number of benzene rings is 1. The first-order valence-corrected chi connectivity index (χ1v) is 5.97. The summed E-state index contributed by atoms with van der Waals surface area (Å²) in [6.45, 7) is 0. The van der Waals surface area contributed by atoms with Gasteiger partial charge in [0.1, 0.15) is 5.82 Å². The first-order valence-electron chi connectivity index (χ1n) is 5.18. The second-order valence-corrected chi connectivity index (χ2v) is 4.70. The summed E-state index contributed by atoms with van der Waals surface area (Å²) >= 11 is 3.37. The minimum atomic E-state index is -0.743. The van der Waals surface area contributed by atoms with Gasteiger partial charge in [-0.15, -0.1) is 0 Å². The van der Waals surface area contributed by atoms with Gasteiger partial charge in [0.15, 0.2) is 0 Å². The Bertz CT molecular complexity index is 518. The number of nitrogens with zero attached hydrogens (tertiary/aromatic N) is 1. The fourth-order valence-corrected chi connectivity index (χ4v) is 2.06. The zero-order valence-electron chi connectivity index (χ0n) is 8.98. The molecule has 0 fully saturated rings. The molecular weight excluding hydrogens is 285 g/mol. The largest absolute Gasteiger partial charge is 0.388 e. The Morgan fingerprint density at radius 3 is 2.82 bits per heavy atom. The predicted molar refractivity (Wildman–Crippen MR) is 67.0 cm³/mol. The van der Waals surface area contributed by atoms with Crippen molar-refractivity contribution in [3.8, 4) is 0 Å². The smallest absolute Gasteiger partial charge is 0.141 e. The van der Waals surface area contributed by atoms with E-state index in [4.69, 9.17) is 0 Å². The van der Waals surface area contributed by atoms with Gasteiger partial charge in [-0.05, 0) is 23.8 Å². The van der Waals surface area contributed by atoms with Crippen molar-refractivity contribution in [1.29, 1.82) is 0 Å². The highest BCUT2D eigenvalue weighted by Crippen LogP contribution is 2.20. The molecule has 0 aliphatic rings. The lowest BCUT2D eigenvalue weighted by Gasteiger charge is -2.10. The maximum Gasteiger partial charge on any atom is 0.141 e. The average molecular weight is 296 g/mol. The van der Waals surface area contributed by atoms with Gasteiger partial charge >= 0.3 is 0 Å². The molecule has 1 N–H and O–H groups in total. The lowest BCUT2D eigenvalue weighted by atomic mass is 10.0. The molecule has 1 atom stereocenters. The van der Waals surface area contributed by atoms with Crippen LogP contribution in [0.1, 0.15) is 17.2 Å². The summed E-state index contributed by atoms with van der Waals surface area (Å²) in [5.41, 5.74) is 1.47. The minimum absolute atomic E-state index is 0.434. The summed E-state index contributed by atoms with van der Waals surface area (Å²) in [6, 6.07) is 8.96. The van der Waals surface area contributed by atoms with Crippen molar-refractivity contribution in [2.75, 3.05) is 0 Å². The third-order valence-corrected chi connectivity index (χ3v) is 2.92. The monoisotopic (exact) mass is 295 g/mol. The number of hydrogen-bond acceptors (Lipinski definition) is 2. The van der Waals surface area contributed by atoms with Gasteiger partial charge in [0.2, 0.25) is 0 Å². The number of rotatable bonds is 3. The lowest BCUT2D eigenvalue weighted by molar-refractivity contribution is 0.177. The van der Waals surface area contributed by atoms with E-state index in [1.807, 2.05) is 24.3 Å². The molecule has 0 radical (unpaired) electrons. The van der Waals surface area contributed by atoms with E-state index in [1.54, 1.807) is 0 Å². The van der Waals surface area contributed by atoms with Crippen LogP contribution in [-0.4, -0.2) is 10.1 Å². The maximum absolute atomic E-state index is 12.9. The Balaban J connectivity index is 2.14. The van der Waals surface area contributed by atoms with Crippen molar-refractivity contribution in [1.82, 2.24) is 4.98 Å².